The Labute approximate surface area is 146 Å². The van der Waals surface area contributed by atoms with Gasteiger partial charge in [0.15, 0.2) is 0 Å². The minimum Gasteiger partial charge on any atom is -0.313 e. The summed E-state index contributed by atoms with van der Waals surface area (Å²) in [6, 6.07) is 14.2. The van der Waals surface area contributed by atoms with Crippen LogP contribution in [0.25, 0.3) is 0 Å². The number of rotatable bonds is 4. The number of hydrogen-bond donors (Lipinski definition) is 1. The van der Waals surface area contributed by atoms with Crippen LogP contribution < -0.4 is 10.2 Å². The lowest BCUT2D eigenvalue weighted by Crippen LogP contribution is -2.47. The zero-order valence-electron chi connectivity index (χ0n) is 14.0. The fourth-order valence-electron chi connectivity index (χ4n) is 3.09. The molecule has 1 aliphatic heterocycles. The van der Waals surface area contributed by atoms with Crippen LogP contribution >= 0.6 is 0 Å². The summed E-state index contributed by atoms with van der Waals surface area (Å²) in [5.41, 5.74) is 1.20. The molecule has 1 fully saturated rings. The molecule has 25 heavy (non-hydrogen) atoms. The number of halogens is 1. The molecule has 1 saturated heterocycles. The minimum atomic E-state index is -0.515. The first-order valence-corrected chi connectivity index (χ1v) is 8.29. The smallest absolute Gasteiger partial charge is 0.313 e. The molecular weight excluding hydrogens is 321 g/mol. The van der Waals surface area contributed by atoms with E-state index in [9.17, 15) is 14.0 Å². The van der Waals surface area contributed by atoms with Gasteiger partial charge in [-0.05, 0) is 43.7 Å². The number of benzene rings is 2. The molecule has 0 bridgehead atoms. The zero-order valence-corrected chi connectivity index (χ0v) is 14.0. The van der Waals surface area contributed by atoms with Crippen molar-refractivity contribution in [2.24, 2.45) is 0 Å². The van der Waals surface area contributed by atoms with E-state index >= 15 is 0 Å². The van der Waals surface area contributed by atoms with Gasteiger partial charge in [0, 0.05) is 24.5 Å². The first kappa shape index (κ1) is 17.0. The first-order chi connectivity index (χ1) is 12.1. The summed E-state index contributed by atoms with van der Waals surface area (Å²) in [4.78, 5) is 28.5. The van der Waals surface area contributed by atoms with E-state index < -0.39 is 17.9 Å². The van der Waals surface area contributed by atoms with Crippen molar-refractivity contribution in [3.05, 3.63) is 60.4 Å². The highest BCUT2D eigenvalue weighted by molar-refractivity contribution is 6.02. The maximum atomic E-state index is 13.3. The predicted molar refractivity (Wildman–Crippen MR) is 95.0 cm³/mol. The number of para-hydroxylation sites is 1. The molecule has 1 atom stereocenters. The Bertz CT molecular complexity index is 766. The Hall–Kier alpha value is -2.89. The third-order valence-electron chi connectivity index (χ3n) is 4.30. The highest BCUT2D eigenvalue weighted by atomic mass is 19.1. The van der Waals surface area contributed by atoms with E-state index in [-0.39, 0.29) is 5.91 Å². The van der Waals surface area contributed by atoms with Crippen molar-refractivity contribution in [2.45, 2.75) is 19.4 Å². The maximum Gasteiger partial charge on any atom is 0.322 e. The molecule has 2 aromatic carbocycles. The Morgan fingerprint density at radius 3 is 2.68 bits per heavy atom. The molecule has 1 unspecified atom stereocenters. The lowest BCUT2D eigenvalue weighted by molar-refractivity contribution is -0.120. The van der Waals surface area contributed by atoms with E-state index in [0.717, 1.165) is 5.69 Å². The average Bonchev–Trinajstić information content (AvgIpc) is 2.98. The van der Waals surface area contributed by atoms with Gasteiger partial charge >= 0.3 is 6.03 Å². The zero-order chi connectivity index (χ0) is 17.8. The molecule has 0 radical (unpaired) electrons. The number of carbonyl (C=O) groups is 2. The molecule has 130 valence electrons. The molecular formula is C19H20FN3O2. The molecule has 0 aromatic heterocycles. The SMILES string of the molecule is CCN(C(=O)Nc1cccc(F)c1)C1CCN(c2ccccc2)C1=O. The van der Waals surface area contributed by atoms with Crippen molar-refractivity contribution in [1.82, 2.24) is 4.90 Å². The summed E-state index contributed by atoms with van der Waals surface area (Å²) in [6.45, 7) is 2.78. The number of nitrogens with zero attached hydrogens (tertiary/aromatic N) is 2. The lowest BCUT2D eigenvalue weighted by Gasteiger charge is -2.27. The molecule has 2 aromatic rings. The quantitative estimate of drug-likeness (QED) is 0.925. The summed E-state index contributed by atoms with van der Waals surface area (Å²) >= 11 is 0. The van der Waals surface area contributed by atoms with Gasteiger partial charge in [-0.25, -0.2) is 9.18 Å². The van der Waals surface area contributed by atoms with Gasteiger partial charge < -0.3 is 15.1 Å². The molecule has 5 nitrogen and oxygen atoms in total. The summed E-state index contributed by atoms with van der Waals surface area (Å²) in [6.07, 6.45) is 0.568. The van der Waals surface area contributed by atoms with E-state index in [1.54, 1.807) is 11.0 Å². The predicted octanol–water partition coefficient (Wildman–Crippen LogP) is 3.49. The van der Waals surface area contributed by atoms with E-state index in [1.165, 1.54) is 23.1 Å². The van der Waals surface area contributed by atoms with Crippen molar-refractivity contribution in [3.63, 3.8) is 0 Å². The van der Waals surface area contributed by atoms with Gasteiger partial charge in [0.2, 0.25) is 5.91 Å². The van der Waals surface area contributed by atoms with Crippen LogP contribution in [0.3, 0.4) is 0 Å². The van der Waals surface area contributed by atoms with Crippen LogP contribution in [0.5, 0.6) is 0 Å². The van der Waals surface area contributed by atoms with Crippen LogP contribution in [-0.4, -0.2) is 36.0 Å². The molecule has 6 heteroatoms. The fourth-order valence-corrected chi connectivity index (χ4v) is 3.09. The fraction of sp³-hybridized carbons (Fsp3) is 0.263. The van der Waals surface area contributed by atoms with Crippen LogP contribution in [0.1, 0.15) is 13.3 Å². The molecule has 0 saturated carbocycles. The summed E-state index contributed by atoms with van der Waals surface area (Å²) in [5, 5.41) is 2.66. The largest absolute Gasteiger partial charge is 0.322 e. The second-order valence-electron chi connectivity index (χ2n) is 5.86. The van der Waals surface area contributed by atoms with Crippen LogP contribution in [0.4, 0.5) is 20.6 Å². The monoisotopic (exact) mass is 341 g/mol. The third kappa shape index (κ3) is 3.63. The Kier molecular flexibility index (Phi) is 4.97. The normalized spacial score (nSPS) is 16.8. The second-order valence-corrected chi connectivity index (χ2v) is 5.86. The van der Waals surface area contributed by atoms with Crippen LogP contribution in [0, 0.1) is 5.82 Å². The molecule has 3 amide bonds. The highest BCUT2D eigenvalue weighted by Gasteiger charge is 2.38. The summed E-state index contributed by atoms with van der Waals surface area (Å²) in [5.74, 6) is -0.518. The topological polar surface area (TPSA) is 52.7 Å². The maximum absolute atomic E-state index is 13.3. The Balaban J connectivity index is 1.72. The van der Waals surface area contributed by atoms with Crippen LogP contribution in [-0.2, 0) is 4.79 Å². The van der Waals surface area contributed by atoms with Gasteiger partial charge in [-0.1, -0.05) is 24.3 Å². The Morgan fingerprint density at radius 1 is 1.24 bits per heavy atom. The number of anilines is 2. The first-order valence-electron chi connectivity index (χ1n) is 8.29. The van der Waals surface area contributed by atoms with Gasteiger partial charge in [0.05, 0.1) is 0 Å². The number of urea groups is 1. The van der Waals surface area contributed by atoms with Crippen molar-refractivity contribution in [1.29, 1.82) is 0 Å². The number of likely N-dealkylation sites (N-methyl/N-ethyl adjacent to an activating group) is 1. The number of nitrogens with one attached hydrogen (secondary N) is 1. The van der Waals surface area contributed by atoms with Gasteiger partial charge in [-0.15, -0.1) is 0 Å². The number of hydrogen-bond acceptors (Lipinski definition) is 2. The highest BCUT2D eigenvalue weighted by Crippen LogP contribution is 2.24. The molecule has 0 aliphatic carbocycles. The van der Waals surface area contributed by atoms with Gasteiger partial charge in [0.1, 0.15) is 11.9 Å². The minimum absolute atomic E-state index is 0.0950. The second kappa shape index (κ2) is 7.34. The molecule has 1 aliphatic rings. The summed E-state index contributed by atoms with van der Waals surface area (Å²) < 4.78 is 13.3. The van der Waals surface area contributed by atoms with E-state index in [1.807, 2.05) is 37.3 Å². The standard InChI is InChI=1S/C19H20FN3O2/c1-2-22(19(25)21-15-8-6-7-14(20)13-15)17-11-12-23(18(17)24)16-9-4-3-5-10-16/h3-10,13,17H,2,11-12H2,1H3,(H,21,25). The van der Waals surface area contributed by atoms with Crippen molar-refractivity contribution < 1.29 is 14.0 Å². The molecule has 0 spiro atoms. The van der Waals surface area contributed by atoms with Gasteiger partial charge in [0.25, 0.3) is 0 Å². The van der Waals surface area contributed by atoms with Crippen LogP contribution in [0.2, 0.25) is 0 Å². The van der Waals surface area contributed by atoms with Gasteiger partial charge in [-0.3, -0.25) is 4.79 Å². The molecule has 1 heterocycles. The summed E-state index contributed by atoms with van der Waals surface area (Å²) in [7, 11) is 0. The Morgan fingerprint density at radius 2 is 2.00 bits per heavy atom. The van der Waals surface area contributed by atoms with Gasteiger partial charge in [-0.2, -0.15) is 0 Å². The van der Waals surface area contributed by atoms with Crippen molar-refractivity contribution >= 4 is 23.3 Å². The van der Waals surface area contributed by atoms with Crippen molar-refractivity contribution in [3.8, 4) is 0 Å². The lowest BCUT2D eigenvalue weighted by atomic mass is 10.2. The van der Waals surface area contributed by atoms with E-state index in [2.05, 4.69) is 5.32 Å². The van der Waals surface area contributed by atoms with E-state index in [4.69, 9.17) is 0 Å². The number of amides is 3. The molecule has 1 N–H and O–H groups in total. The van der Waals surface area contributed by atoms with Crippen molar-refractivity contribution in [2.75, 3.05) is 23.3 Å². The number of carbonyl (C=O) groups excluding carboxylic acids is 2. The third-order valence-corrected chi connectivity index (χ3v) is 4.30. The average molecular weight is 341 g/mol. The van der Waals surface area contributed by atoms with E-state index in [0.29, 0.717) is 25.2 Å². The molecule has 3 rings (SSSR count). The van der Waals surface area contributed by atoms with Crippen LogP contribution in [0.15, 0.2) is 54.6 Å².